The Morgan fingerprint density at radius 2 is 2.00 bits per heavy atom. The number of rotatable bonds is 2. The maximum atomic E-state index is 11.9. The van der Waals surface area contributed by atoms with Crippen LogP contribution < -0.4 is 9.67 Å². The summed E-state index contributed by atoms with van der Waals surface area (Å²) in [4.78, 5) is 4.01. The maximum absolute atomic E-state index is 11.9. The summed E-state index contributed by atoms with van der Waals surface area (Å²) >= 11 is 5.76. The molecule has 1 heterocycles. The fourth-order valence-electron chi connectivity index (χ4n) is 1.55. The van der Waals surface area contributed by atoms with Crippen LogP contribution in [0, 0.1) is 0 Å². The molecule has 0 aliphatic rings. The van der Waals surface area contributed by atoms with Crippen molar-refractivity contribution >= 4 is 23.2 Å². The van der Waals surface area contributed by atoms with Crippen molar-refractivity contribution in [1.82, 2.24) is 4.57 Å². The molecule has 1 aromatic heterocycles. The van der Waals surface area contributed by atoms with Crippen molar-refractivity contribution in [3.8, 4) is 0 Å². The summed E-state index contributed by atoms with van der Waals surface area (Å²) < 4.78 is 3.55. The number of benzene rings is 1. The number of nitrogens with zero attached hydrogens (tertiary/aromatic N) is 3. The molecule has 0 N–H and O–H groups in total. The Morgan fingerprint density at radius 3 is 2.53 bits per heavy atom. The van der Waals surface area contributed by atoms with Gasteiger partial charge in [-0.05, 0) is 24.3 Å². The van der Waals surface area contributed by atoms with Crippen LogP contribution in [0.3, 0.4) is 0 Å². The molecule has 0 saturated heterocycles. The molecule has 0 radical (unpaired) electrons. The summed E-state index contributed by atoms with van der Waals surface area (Å²) in [6.07, 6.45) is 3.55. The molecule has 0 saturated carbocycles. The zero-order valence-corrected chi connectivity index (χ0v) is 10.3. The molecular weight excluding hydrogens is 238 g/mol. The Morgan fingerprint density at radius 1 is 1.35 bits per heavy atom. The van der Waals surface area contributed by atoms with Gasteiger partial charge in [-0.25, -0.2) is 9.13 Å². The standard InChI is InChI=1S/C12H12ClN3O/c1-15-7-11(16(2)8-15)12(17)14-10-5-3-9(13)4-6-10/h3-8H,1-2H3. The minimum atomic E-state index is -0.268. The Kier molecular flexibility index (Phi) is 3.15. The second-order valence-electron chi connectivity index (χ2n) is 3.80. The molecule has 0 unspecified atom stereocenters. The summed E-state index contributed by atoms with van der Waals surface area (Å²) in [6, 6.07) is 6.84. The highest BCUT2D eigenvalue weighted by Gasteiger charge is 2.07. The van der Waals surface area contributed by atoms with E-state index in [2.05, 4.69) is 4.99 Å². The van der Waals surface area contributed by atoms with E-state index in [1.807, 2.05) is 25.0 Å². The first kappa shape index (κ1) is 11.7. The molecule has 2 aromatic rings. The van der Waals surface area contributed by atoms with E-state index >= 15 is 0 Å². The van der Waals surface area contributed by atoms with Gasteiger partial charge in [-0.15, -0.1) is 0 Å². The Balaban J connectivity index is 2.34. The van der Waals surface area contributed by atoms with Crippen molar-refractivity contribution in [3.63, 3.8) is 0 Å². The molecule has 0 bridgehead atoms. The molecule has 0 aliphatic carbocycles. The zero-order chi connectivity index (χ0) is 12.4. The van der Waals surface area contributed by atoms with Crippen LogP contribution in [0.25, 0.3) is 0 Å². The van der Waals surface area contributed by atoms with Crippen LogP contribution in [-0.2, 0) is 14.1 Å². The van der Waals surface area contributed by atoms with Crippen LogP contribution in [0.5, 0.6) is 0 Å². The van der Waals surface area contributed by atoms with Crippen LogP contribution in [0.4, 0.5) is 5.69 Å². The number of hydrogen-bond donors (Lipinski definition) is 0. The van der Waals surface area contributed by atoms with Crippen molar-refractivity contribution in [2.75, 3.05) is 0 Å². The Hall–Kier alpha value is -1.81. The van der Waals surface area contributed by atoms with Crippen LogP contribution in [-0.4, -0.2) is 10.5 Å². The average molecular weight is 250 g/mol. The van der Waals surface area contributed by atoms with Crippen LogP contribution in [0.2, 0.25) is 5.02 Å². The van der Waals surface area contributed by atoms with Crippen molar-refractivity contribution in [2.45, 2.75) is 0 Å². The molecule has 0 atom stereocenters. The highest BCUT2D eigenvalue weighted by molar-refractivity contribution is 6.30. The van der Waals surface area contributed by atoms with E-state index in [4.69, 9.17) is 11.6 Å². The lowest BCUT2D eigenvalue weighted by Gasteiger charge is -2.06. The summed E-state index contributed by atoms with van der Waals surface area (Å²) in [5, 5.41) is 12.5. The molecular formula is C12H12ClN3O. The molecule has 17 heavy (non-hydrogen) atoms. The minimum Gasteiger partial charge on any atom is -0.856 e. The third-order valence-electron chi connectivity index (χ3n) is 2.34. The van der Waals surface area contributed by atoms with E-state index in [9.17, 15) is 5.11 Å². The van der Waals surface area contributed by atoms with Gasteiger partial charge in [0.1, 0.15) is 6.20 Å². The number of hydrogen-bond acceptors (Lipinski definition) is 2. The van der Waals surface area contributed by atoms with E-state index in [1.165, 1.54) is 0 Å². The first-order valence-corrected chi connectivity index (χ1v) is 5.47. The van der Waals surface area contributed by atoms with Crippen molar-refractivity contribution < 1.29 is 9.67 Å². The predicted octanol–water partition coefficient (Wildman–Crippen LogP) is 0.942. The van der Waals surface area contributed by atoms with Crippen LogP contribution >= 0.6 is 11.6 Å². The summed E-state index contributed by atoms with van der Waals surface area (Å²) in [5.74, 6) is -0.268. The number of halogens is 1. The second kappa shape index (κ2) is 4.59. The quantitative estimate of drug-likeness (QED) is 0.444. The summed E-state index contributed by atoms with van der Waals surface area (Å²) in [7, 11) is 3.67. The topological polar surface area (TPSA) is 44.2 Å². The lowest BCUT2D eigenvalue weighted by atomic mass is 10.3. The number of imidazole rings is 1. The first-order chi connectivity index (χ1) is 8.06. The van der Waals surface area contributed by atoms with Gasteiger partial charge in [0.15, 0.2) is 5.69 Å². The smallest absolute Gasteiger partial charge is 0.243 e. The fraction of sp³-hybridized carbons (Fsp3) is 0.167. The molecule has 0 spiro atoms. The molecule has 1 aromatic carbocycles. The normalized spacial score (nSPS) is 11.8. The van der Waals surface area contributed by atoms with Crippen molar-refractivity contribution in [3.05, 3.63) is 47.5 Å². The molecule has 0 fully saturated rings. The molecule has 4 nitrogen and oxygen atoms in total. The first-order valence-electron chi connectivity index (χ1n) is 5.09. The average Bonchev–Trinajstić information content (AvgIpc) is 2.61. The van der Waals surface area contributed by atoms with Gasteiger partial charge in [0, 0.05) is 10.9 Å². The number of aromatic nitrogens is 2. The van der Waals surface area contributed by atoms with E-state index < -0.39 is 0 Å². The number of aliphatic imine (C=N–C) groups is 1. The summed E-state index contributed by atoms with van der Waals surface area (Å²) in [5.41, 5.74) is 1.14. The van der Waals surface area contributed by atoms with E-state index in [1.54, 1.807) is 35.0 Å². The third-order valence-corrected chi connectivity index (χ3v) is 2.59. The Bertz CT molecular complexity index is 558. The minimum absolute atomic E-state index is 0.268. The van der Waals surface area contributed by atoms with Gasteiger partial charge < -0.3 is 5.11 Å². The van der Waals surface area contributed by atoms with Gasteiger partial charge >= 0.3 is 0 Å². The van der Waals surface area contributed by atoms with Gasteiger partial charge in [-0.1, -0.05) is 11.6 Å². The van der Waals surface area contributed by atoms with E-state index in [-0.39, 0.29) is 5.90 Å². The van der Waals surface area contributed by atoms with Gasteiger partial charge in [0.05, 0.1) is 19.8 Å². The van der Waals surface area contributed by atoms with E-state index in [0.29, 0.717) is 16.4 Å². The molecule has 88 valence electrons. The van der Waals surface area contributed by atoms with Crippen molar-refractivity contribution in [1.29, 1.82) is 0 Å². The van der Waals surface area contributed by atoms with Crippen LogP contribution in [0.1, 0.15) is 5.69 Å². The largest absolute Gasteiger partial charge is 0.856 e. The SMILES string of the molecule is Cn1c[n+](C)cc1C([O-])=Nc1ccc(Cl)cc1. The van der Waals surface area contributed by atoms with Crippen molar-refractivity contribution in [2.24, 2.45) is 19.1 Å². The lowest BCUT2D eigenvalue weighted by Crippen LogP contribution is -2.25. The predicted molar refractivity (Wildman–Crippen MR) is 64.2 cm³/mol. The Labute approximate surface area is 104 Å². The lowest BCUT2D eigenvalue weighted by molar-refractivity contribution is -0.671. The highest BCUT2D eigenvalue weighted by atomic mass is 35.5. The van der Waals surface area contributed by atoms with Gasteiger partial charge in [0.25, 0.3) is 0 Å². The van der Waals surface area contributed by atoms with Gasteiger partial charge in [-0.3, -0.25) is 4.99 Å². The molecule has 0 aliphatic heterocycles. The highest BCUT2D eigenvalue weighted by Crippen LogP contribution is 2.16. The van der Waals surface area contributed by atoms with Gasteiger partial charge in [0.2, 0.25) is 6.33 Å². The maximum Gasteiger partial charge on any atom is 0.243 e. The summed E-state index contributed by atoms with van der Waals surface area (Å²) in [6.45, 7) is 0. The fourth-order valence-corrected chi connectivity index (χ4v) is 1.67. The second-order valence-corrected chi connectivity index (χ2v) is 4.24. The molecule has 0 amide bonds. The zero-order valence-electron chi connectivity index (χ0n) is 9.59. The number of aryl methyl sites for hydroxylation is 2. The van der Waals surface area contributed by atoms with Gasteiger partial charge in [-0.2, -0.15) is 0 Å². The third kappa shape index (κ3) is 2.65. The molecule has 2 rings (SSSR count). The van der Waals surface area contributed by atoms with Crippen LogP contribution in [0.15, 0.2) is 41.8 Å². The monoisotopic (exact) mass is 249 g/mol. The van der Waals surface area contributed by atoms with E-state index in [0.717, 1.165) is 0 Å². The molecule has 5 heteroatoms.